The molecule has 0 unspecified atom stereocenters. The highest BCUT2D eigenvalue weighted by atomic mass is 15.1. The van der Waals surface area contributed by atoms with Crippen molar-refractivity contribution in [1.29, 1.82) is 5.26 Å². The molecule has 0 radical (unpaired) electrons. The summed E-state index contributed by atoms with van der Waals surface area (Å²) in [5.74, 6) is 0. The van der Waals surface area contributed by atoms with Crippen LogP contribution in [0.25, 0.3) is 0 Å². The maximum absolute atomic E-state index is 8.44. The van der Waals surface area contributed by atoms with E-state index in [1.807, 2.05) is 0 Å². The van der Waals surface area contributed by atoms with Crippen molar-refractivity contribution in [2.75, 3.05) is 20.1 Å². The van der Waals surface area contributed by atoms with Crippen molar-refractivity contribution in [3.05, 3.63) is 11.6 Å². The zero-order chi connectivity index (χ0) is 8.10. The standard InChI is InChI=1S/C9H14N2/c1-11-7-2-3-9(4-6-10)5-8-11/h4H,2-3,5,7-8H2,1H3/b9-4+. The van der Waals surface area contributed by atoms with Gasteiger partial charge in [0.1, 0.15) is 0 Å². The fourth-order valence-electron chi connectivity index (χ4n) is 1.38. The third kappa shape index (κ3) is 2.73. The van der Waals surface area contributed by atoms with Gasteiger partial charge in [-0.15, -0.1) is 0 Å². The second-order valence-electron chi connectivity index (χ2n) is 3.09. The minimum Gasteiger partial charge on any atom is -0.306 e. The highest BCUT2D eigenvalue weighted by Gasteiger charge is 2.06. The number of hydrogen-bond donors (Lipinski definition) is 0. The zero-order valence-corrected chi connectivity index (χ0v) is 7.01. The molecule has 0 saturated carbocycles. The summed E-state index contributed by atoms with van der Waals surface area (Å²) in [7, 11) is 2.13. The van der Waals surface area contributed by atoms with E-state index in [2.05, 4.69) is 18.0 Å². The van der Waals surface area contributed by atoms with E-state index in [-0.39, 0.29) is 0 Å². The van der Waals surface area contributed by atoms with Gasteiger partial charge in [-0.25, -0.2) is 0 Å². The van der Waals surface area contributed by atoms with Gasteiger partial charge in [0.15, 0.2) is 0 Å². The van der Waals surface area contributed by atoms with E-state index in [1.165, 1.54) is 18.5 Å². The van der Waals surface area contributed by atoms with E-state index >= 15 is 0 Å². The van der Waals surface area contributed by atoms with Crippen molar-refractivity contribution in [3.63, 3.8) is 0 Å². The molecule has 0 atom stereocenters. The van der Waals surface area contributed by atoms with Crippen LogP contribution >= 0.6 is 0 Å². The molecule has 0 N–H and O–H groups in total. The van der Waals surface area contributed by atoms with Gasteiger partial charge < -0.3 is 4.90 Å². The Morgan fingerprint density at radius 2 is 2.27 bits per heavy atom. The van der Waals surface area contributed by atoms with E-state index in [0.29, 0.717) is 0 Å². The lowest BCUT2D eigenvalue weighted by Crippen LogP contribution is -2.18. The fraction of sp³-hybridized carbons (Fsp3) is 0.667. The van der Waals surface area contributed by atoms with Gasteiger partial charge >= 0.3 is 0 Å². The van der Waals surface area contributed by atoms with Crippen LogP contribution in [0.5, 0.6) is 0 Å². The first-order valence-electron chi connectivity index (χ1n) is 4.09. The van der Waals surface area contributed by atoms with Crippen LogP contribution in [0, 0.1) is 11.3 Å². The summed E-state index contributed by atoms with van der Waals surface area (Å²) in [5, 5.41) is 8.44. The minimum atomic E-state index is 1.07. The van der Waals surface area contributed by atoms with E-state index < -0.39 is 0 Å². The zero-order valence-electron chi connectivity index (χ0n) is 7.01. The van der Waals surface area contributed by atoms with E-state index in [9.17, 15) is 0 Å². The van der Waals surface area contributed by atoms with Crippen LogP contribution in [0.3, 0.4) is 0 Å². The normalized spacial score (nSPS) is 24.5. The quantitative estimate of drug-likeness (QED) is 0.490. The van der Waals surface area contributed by atoms with Crippen LogP contribution in [0.1, 0.15) is 19.3 Å². The van der Waals surface area contributed by atoms with E-state index in [0.717, 1.165) is 19.4 Å². The molecule has 0 bridgehead atoms. The van der Waals surface area contributed by atoms with Gasteiger partial charge in [-0.1, -0.05) is 5.57 Å². The Morgan fingerprint density at radius 1 is 1.45 bits per heavy atom. The topological polar surface area (TPSA) is 27.0 Å². The predicted molar refractivity (Wildman–Crippen MR) is 45.0 cm³/mol. The highest BCUT2D eigenvalue weighted by Crippen LogP contribution is 2.14. The molecule has 2 nitrogen and oxygen atoms in total. The Balaban J connectivity index is 2.48. The molecule has 1 saturated heterocycles. The molecule has 0 spiro atoms. The minimum absolute atomic E-state index is 1.07. The molecule has 2 heteroatoms. The van der Waals surface area contributed by atoms with Gasteiger partial charge in [-0.05, 0) is 32.9 Å². The molecule has 1 heterocycles. The molecule has 60 valence electrons. The monoisotopic (exact) mass is 150 g/mol. The Morgan fingerprint density at radius 3 is 3.00 bits per heavy atom. The van der Waals surface area contributed by atoms with Crippen LogP contribution in [-0.4, -0.2) is 25.0 Å². The summed E-state index contributed by atoms with van der Waals surface area (Å²) in [6.45, 7) is 2.27. The summed E-state index contributed by atoms with van der Waals surface area (Å²) in [6.07, 6.45) is 5.09. The SMILES string of the molecule is CN1CCC/C(=C\C#N)CC1. The molecule has 0 aromatic rings. The first-order valence-corrected chi connectivity index (χ1v) is 4.09. The molecule has 1 aliphatic heterocycles. The largest absolute Gasteiger partial charge is 0.306 e. The summed E-state index contributed by atoms with van der Waals surface area (Å²) >= 11 is 0. The van der Waals surface area contributed by atoms with Crippen molar-refractivity contribution in [3.8, 4) is 6.07 Å². The van der Waals surface area contributed by atoms with Crippen LogP contribution in [0.4, 0.5) is 0 Å². The first-order chi connectivity index (χ1) is 5.33. The van der Waals surface area contributed by atoms with Gasteiger partial charge in [0, 0.05) is 12.6 Å². The average molecular weight is 150 g/mol. The summed E-state index contributed by atoms with van der Waals surface area (Å²) < 4.78 is 0. The maximum Gasteiger partial charge on any atom is 0.0911 e. The van der Waals surface area contributed by atoms with Gasteiger partial charge in [0.25, 0.3) is 0 Å². The second-order valence-corrected chi connectivity index (χ2v) is 3.09. The van der Waals surface area contributed by atoms with Crippen LogP contribution < -0.4 is 0 Å². The van der Waals surface area contributed by atoms with E-state index in [4.69, 9.17) is 5.26 Å². The molecule has 1 rings (SSSR count). The molecule has 1 fully saturated rings. The number of hydrogen-bond acceptors (Lipinski definition) is 2. The third-order valence-electron chi connectivity index (χ3n) is 2.12. The lowest BCUT2D eigenvalue weighted by atomic mass is 10.1. The molecular weight excluding hydrogens is 136 g/mol. The fourth-order valence-corrected chi connectivity index (χ4v) is 1.38. The van der Waals surface area contributed by atoms with Gasteiger partial charge in [0.05, 0.1) is 6.07 Å². The lowest BCUT2D eigenvalue weighted by Gasteiger charge is -2.10. The summed E-state index contributed by atoms with van der Waals surface area (Å²) in [4.78, 5) is 2.32. The van der Waals surface area contributed by atoms with Gasteiger partial charge in [0.2, 0.25) is 0 Å². The van der Waals surface area contributed by atoms with Crippen LogP contribution in [-0.2, 0) is 0 Å². The second kappa shape index (κ2) is 4.15. The smallest absolute Gasteiger partial charge is 0.0911 e. The molecule has 11 heavy (non-hydrogen) atoms. The van der Waals surface area contributed by atoms with Crippen molar-refractivity contribution in [2.45, 2.75) is 19.3 Å². The van der Waals surface area contributed by atoms with Crippen molar-refractivity contribution in [2.24, 2.45) is 0 Å². The molecule has 0 amide bonds. The molecule has 0 aliphatic carbocycles. The number of nitriles is 1. The van der Waals surface area contributed by atoms with Crippen molar-refractivity contribution >= 4 is 0 Å². The molecule has 0 aromatic carbocycles. The Bertz CT molecular complexity index is 188. The predicted octanol–water partition coefficient (Wildman–Crippen LogP) is 1.55. The Hall–Kier alpha value is -0.810. The van der Waals surface area contributed by atoms with E-state index in [1.54, 1.807) is 6.08 Å². The number of rotatable bonds is 0. The third-order valence-corrected chi connectivity index (χ3v) is 2.12. The molecule has 0 aromatic heterocycles. The highest BCUT2D eigenvalue weighted by molar-refractivity contribution is 5.14. The van der Waals surface area contributed by atoms with Gasteiger partial charge in [-0.2, -0.15) is 5.26 Å². The first kappa shape index (κ1) is 8.29. The van der Waals surface area contributed by atoms with Crippen LogP contribution in [0.2, 0.25) is 0 Å². The maximum atomic E-state index is 8.44. The number of allylic oxidation sites excluding steroid dienone is 1. The lowest BCUT2D eigenvalue weighted by molar-refractivity contribution is 0.351. The summed E-state index contributed by atoms with van der Waals surface area (Å²) in [5.41, 5.74) is 1.32. The number of nitrogens with zero attached hydrogens (tertiary/aromatic N) is 2. The number of likely N-dealkylation sites (tertiary alicyclic amines) is 1. The van der Waals surface area contributed by atoms with Crippen LogP contribution in [0.15, 0.2) is 11.6 Å². The summed E-state index contributed by atoms with van der Waals surface area (Å²) in [6, 6.07) is 2.10. The molecular formula is C9H14N2. The Labute approximate surface area is 68.1 Å². The Kier molecular flexibility index (Phi) is 3.13. The molecule has 1 aliphatic rings. The van der Waals surface area contributed by atoms with Crippen molar-refractivity contribution < 1.29 is 0 Å². The van der Waals surface area contributed by atoms with Gasteiger partial charge in [-0.3, -0.25) is 0 Å². The van der Waals surface area contributed by atoms with Crippen molar-refractivity contribution in [1.82, 2.24) is 4.90 Å². The average Bonchev–Trinajstić information content (AvgIpc) is 2.17.